The SMILES string of the molecule is CCCCOc1ccc(C2C(C(=O)OCC)=C(C)N=c3s/c(=C\c4cccc([N+](=O)[O-])c4)c(=O)n32)cc1OC. The van der Waals surface area contributed by atoms with Gasteiger partial charge in [-0.3, -0.25) is 19.5 Å². The third kappa shape index (κ3) is 5.78. The number of ether oxygens (including phenoxy) is 3. The lowest BCUT2D eigenvalue weighted by molar-refractivity contribution is -0.384. The number of carbonyl (C=O) groups excluding carboxylic acids is 1. The molecular weight excluding hydrogens is 522 g/mol. The third-order valence-corrected chi connectivity index (χ3v) is 7.14. The van der Waals surface area contributed by atoms with Crippen molar-refractivity contribution in [3.63, 3.8) is 0 Å². The van der Waals surface area contributed by atoms with E-state index in [0.717, 1.165) is 24.2 Å². The Morgan fingerprint density at radius 1 is 1.21 bits per heavy atom. The van der Waals surface area contributed by atoms with Crippen LogP contribution in [0, 0.1) is 10.1 Å². The van der Waals surface area contributed by atoms with E-state index >= 15 is 0 Å². The Morgan fingerprint density at radius 3 is 2.69 bits per heavy atom. The average Bonchev–Trinajstić information content (AvgIpc) is 3.22. The molecule has 1 aliphatic heterocycles. The van der Waals surface area contributed by atoms with Gasteiger partial charge in [-0.2, -0.15) is 0 Å². The van der Waals surface area contributed by atoms with E-state index in [1.54, 1.807) is 50.3 Å². The summed E-state index contributed by atoms with van der Waals surface area (Å²) in [6.45, 7) is 6.18. The highest BCUT2D eigenvalue weighted by atomic mass is 32.1. The second kappa shape index (κ2) is 12.1. The van der Waals surface area contributed by atoms with E-state index < -0.39 is 16.9 Å². The average molecular weight is 552 g/mol. The maximum Gasteiger partial charge on any atom is 0.338 e. The van der Waals surface area contributed by atoms with Crippen LogP contribution in [0.5, 0.6) is 11.5 Å². The number of nitrogens with zero attached hydrogens (tertiary/aromatic N) is 3. The molecule has 10 nitrogen and oxygen atoms in total. The molecule has 39 heavy (non-hydrogen) atoms. The number of rotatable bonds is 10. The van der Waals surface area contributed by atoms with Crippen molar-refractivity contribution in [1.82, 2.24) is 4.57 Å². The lowest BCUT2D eigenvalue weighted by atomic mass is 9.95. The highest BCUT2D eigenvalue weighted by Crippen LogP contribution is 2.36. The van der Waals surface area contributed by atoms with Gasteiger partial charge in [0.25, 0.3) is 11.2 Å². The standard InChI is InChI=1S/C28H29N3O7S/c1-5-7-13-38-21-12-11-19(16-22(21)36-4)25-24(27(33)37-6-2)17(3)29-28-30(25)26(32)23(39-28)15-18-9-8-10-20(14-18)31(34)35/h8-12,14-16,25H,5-7,13H2,1-4H3/b23-15-. The molecule has 2 heterocycles. The van der Waals surface area contributed by atoms with Crippen LogP contribution in [0.2, 0.25) is 0 Å². The van der Waals surface area contributed by atoms with Crippen molar-refractivity contribution in [3.05, 3.63) is 94.7 Å². The van der Waals surface area contributed by atoms with E-state index in [2.05, 4.69) is 11.9 Å². The van der Waals surface area contributed by atoms with Gasteiger partial charge in [0.05, 0.1) is 47.1 Å². The number of thiazole rings is 1. The number of methoxy groups -OCH3 is 1. The van der Waals surface area contributed by atoms with Gasteiger partial charge >= 0.3 is 5.97 Å². The fraction of sp³-hybridized carbons (Fsp3) is 0.321. The van der Waals surface area contributed by atoms with Gasteiger partial charge in [-0.15, -0.1) is 0 Å². The van der Waals surface area contributed by atoms with Gasteiger partial charge in [0.1, 0.15) is 0 Å². The van der Waals surface area contributed by atoms with Crippen LogP contribution >= 0.6 is 11.3 Å². The monoisotopic (exact) mass is 551 g/mol. The first-order chi connectivity index (χ1) is 18.8. The van der Waals surface area contributed by atoms with E-state index in [1.165, 1.54) is 23.8 Å². The summed E-state index contributed by atoms with van der Waals surface area (Å²) in [7, 11) is 1.53. The van der Waals surface area contributed by atoms with Crippen molar-refractivity contribution in [3.8, 4) is 11.5 Å². The molecule has 0 radical (unpaired) electrons. The zero-order valence-electron chi connectivity index (χ0n) is 22.1. The summed E-state index contributed by atoms with van der Waals surface area (Å²) in [5.74, 6) is 0.463. The zero-order valence-corrected chi connectivity index (χ0v) is 22.9. The lowest BCUT2D eigenvalue weighted by Crippen LogP contribution is -2.40. The van der Waals surface area contributed by atoms with Crippen LogP contribution in [0.3, 0.4) is 0 Å². The predicted octanol–water partition coefficient (Wildman–Crippen LogP) is 3.89. The number of non-ortho nitro benzene ring substituents is 1. The van der Waals surface area contributed by atoms with Gasteiger partial charge in [-0.1, -0.05) is 42.9 Å². The highest BCUT2D eigenvalue weighted by molar-refractivity contribution is 7.07. The third-order valence-electron chi connectivity index (χ3n) is 6.15. The maximum absolute atomic E-state index is 13.8. The van der Waals surface area contributed by atoms with Crippen LogP contribution in [0.15, 0.2) is 63.5 Å². The van der Waals surface area contributed by atoms with Crippen molar-refractivity contribution in [1.29, 1.82) is 0 Å². The number of carbonyl (C=O) groups is 1. The second-order valence-corrected chi connectivity index (χ2v) is 9.78. The minimum absolute atomic E-state index is 0.0804. The van der Waals surface area contributed by atoms with Crippen molar-refractivity contribution in [2.24, 2.45) is 4.99 Å². The van der Waals surface area contributed by atoms with Crippen molar-refractivity contribution < 1.29 is 23.9 Å². The number of hydrogen-bond donors (Lipinski definition) is 0. The molecule has 1 unspecified atom stereocenters. The van der Waals surface area contributed by atoms with Crippen LogP contribution in [-0.4, -0.2) is 35.8 Å². The number of unbranched alkanes of at least 4 members (excludes halogenated alkanes) is 1. The summed E-state index contributed by atoms with van der Waals surface area (Å²) in [5.41, 5.74) is 1.34. The number of benzene rings is 2. The molecule has 0 saturated carbocycles. The molecule has 0 fully saturated rings. The summed E-state index contributed by atoms with van der Waals surface area (Å²) in [5, 5.41) is 11.2. The highest BCUT2D eigenvalue weighted by Gasteiger charge is 2.34. The summed E-state index contributed by atoms with van der Waals surface area (Å²) in [6, 6.07) is 10.5. The summed E-state index contributed by atoms with van der Waals surface area (Å²) in [4.78, 5) is 42.6. The first kappa shape index (κ1) is 27.8. The molecule has 0 spiro atoms. The number of esters is 1. The minimum atomic E-state index is -0.828. The van der Waals surface area contributed by atoms with Crippen LogP contribution in [-0.2, 0) is 9.53 Å². The smallest absolute Gasteiger partial charge is 0.338 e. The van der Waals surface area contributed by atoms with Crippen LogP contribution in [0.4, 0.5) is 5.69 Å². The fourth-order valence-corrected chi connectivity index (χ4v) is 5.33. The van der Waals surface area contributed by atoms with Gasteiger partial charge in [0, 0.05) is 12.1 Å². The molecule has 1 aliphatic rings. The molecule has 4 rings (SSSR count). The Balaban J connectivity index is 1.89. The molecular formula is C28H29N3O7S. The Hall–Kier alpha value is -4.25. The Kier molecular flexibility index (Phi) is 8.60. The van der Waals surface area contributed by atoms with E-state index in [1.807, 2.05) is 0 Å². The number of hydrogen-bond acceptors (Lipinski definition) is 9. The zero-order chi connectivity index (χ0) is 28.1. The molecule has 0 N–H and O–H groups in total. The molecule has 2 aromatic carbocycles. The summed E-state index contributed by atoms with van der Waals surface area (Å²) < 4.78 is 18.6. The van der Waals surface area contributed by atoms with Crippen molar-refractivity contribution in [2.75, 3.05) is 20.3 Å². The van der Waals surface area contributed by atoms with E-state index in [-0.39, 0.29) is 23.4 Å². The van der Waals surface area contributed by atoms with Gasteiger partial charge < -0.3 is 14.2 Å². The first-order valence-corrected chi connectivity index (χ1v) is 13.4. The van der Waals surface area contributed by atoms with Crippen LogP contribution in [0.25, 0.3) is 6.08 Å². The molecule has 0 amide bonds. The van der Waals surface area contributed by atoms with Crippen LogP contribution < -0.4 is 24.4 Å². The van der Waals surface area contributed by atoms with Crippen LogP contribution in [0.1, 0.15) is 50.8 Å². The molecule has 3 aromatic rings. The fourth-order valence-electron chi connectivity index (χ4n) is 4.29. The number of fused-ring (bicyclic) bond motifs is 1. The van der Waals surface area contributed by atoms with E-state index in [9.17, 15) is 19.7 Å². The molecule has 1 aromatic heterocycles. The Labute approximate surface area is 228 Å². The van der Waals surface area contributed by atoms with Gasteiger partial charge in [-0.25, -0.2) is 9.79 Å². The van der Waals surface area contributed by atoms with Gasteiger partial charge in [-0.05, 0) is 49.6 Å². The second-order valence-electron chi connectivity index (χ2n) is 8.77. The number of aromatic nitrogens is 1. The maximum atomic E-state index is 13.8. The minimum Gasteiger partial charge on any atom is -0.493 e. The Bertz CT molecular complexity index is 1620. The number of nitro groups is 1. The lowest BCUT2D eigenvalue weighted by Gasteiger charge is -2.25. The summed E-state index contributed by atoms with van der Waals surface area (Å²) in [6.07, 6.45) is 3.46. The normalized spacial score (nSPS) is 15.0. The summed E-state index contributed by atoms with van der Waals surface area (Å²) >= 11 is 1.14. The molecule has 0 bridgehead atoms. The predicted molar refractivity (Wildman–Crippen MR) is 147 cm³/mol. The first-order valence-electron chi connectivity index (χ1n) is 12.5. The van der Waals surface area contributed by atoms with E-state index in [0.29, 0.717) is 44.3 Å². The molecule has 11 heteroatoms. The largest absolute Gasteiger partial charge is 0.493 e. The van der Waals surface area contributed by atoms with Gasteiger partial charge in [0.2, 0.25) is 0 Å². The van der Waals surface area contributed by atoms with Gasteiger partial charge in [0.15, 0.2) is 16.3 Å². The number of allylic oxidation sites excluding steroid dienone is 1. The molecule has 0 aliphatic carbocycles. The molecule has 0 saturated heterocycles. The Morgan fingerprint density at radius 2 is 2.00 bits per heavy atom. The van der Waals surface area contributed by atoms with Crippen molar-refractivity contribution in [2.45, 2.75) is 39.7 Å². The van der Waals surface area contributed by atoms with Crippen molar-refractivity contribution >= 4 is 29.1 Å². The van der Waals surface area contributed by atoms with E-state index in [4.69, 9.17) is 14.2 Å². The molecule has 1 atom stereocenters. The molecule has 204 valence electrons. The quantitative estimate of drug-likeness (QED) is 0.162. The number of nitro benzene ring substituents is 1. The topological polar surface area (TPSA) is 122 Å².